The minimum atomic E-state index is -0.605. The van der Waals surface area contributed by atoms with Crippen LogP contribution in [0.15, 0.2) is 42.7 Å². The fourth-order valence-electron chi connectivity index (χ4n) is 4.42. The second-order valence-electron chi connectivity index (χ2n) is 8.51. The molecule has 2 aromatic carbocycles. The molecular weight excluding hydrogens is 485 g/mol. The molecule has 2 aromatic heterocycles. The van der Waals surface area contributed by atoms with Gasteiger partial charge in [0.05, 0.1) is 17.5 Å². The molecule has 3 heterocycles. The fourth-order valence-corrected chi connectivity index (χ4v) is 4.95. The maximum atomic E-state index is 12.5. The molecule has 35 heavy (non-hydrogen) atoms. The lowest BCUT2D eigenvalue weighted by molar-refractivity contribution is 0.100. The lowest BCUT2D eigenvalue weighted by Crippen LogP contribution is -2.43. The van der Waals surface area contributed by atoms with Gasteiger partial charge in [-0.15, -0.1) is 0 Å². The average Bonchev–Trinajstić information content (AvgIpc) is 3.33. The van der Waals surface area contributed by atoms with Gasteiger partial charge in [0, 0.05) is 54.0 Å². The first-order valence-electron chi connectivity index (χ1n) is 11.3. The number of carbonyl (C=O) groups is 1. The van der Waals surface area contributed by atoms with Gasteiger partial charge in [0.1, 0.15) is 16.9 Å². The third-order valence-electron chi connectivity index (χ3n) is 6.24. The number of fused-ring (bicyclic) bond motifs is 1. The summed E-state index contributed by atoms with van der Waals surface area (Å²) < 4.78 is 0. The number of nitrogens with zero attached hydrogens (tertiary/aromatic N) is 3. The Balaban J connectivity index is 1.55. The number of anilines is 3. The summed E-state index contributed by atoms with van der Waals surface area (Å²) >= 11 is 12.8. The average molecular weight is 510 g/mol. The number of halogens is 2. The standard InChI is InChI=1S/C25H25Cl2N7O/c1-14-11-15(34-9-7-29-8-10-34)5-6-19(14)32-25-21(24(28)35)23-22(30-13-31-23)20(33-25)12-16-17(26)3-2-4-18(16)27/h2-6,11,13,29H,7-10,12H2,1H3,(H2,28,35)(H,30,31)(H,32,33). The van der Waals surface area contributed by atoms with Crippen molar-refractivity contribution in [2.24, 2.45) is 5.73 Å². The minimum absolute atomic E-state index is 0.247. The minimum Gasteiger partial charge on any atom is -0.369 e. The van der Waals surface area contributed by atoms with Crippen molar-refractivity contribution in [2.75, 3.05) is 36.4 Å². The number of aryl methyl sites for hydroxylation is 1. The van der Waals surface area contributed by atoms with Crippen LogP contribution in [0.2, 0.25) is 10.0 Å². The summed E-state index contributed by atoms with van der Waals surface area (Å²) in [5, 5.41) is 7.78. The second-order valence-corrected chi connectivity index (χ2v) is 9.33. The van der Waals surface area contributed by atoms with Crippen LogP contribution in [0.4, 0.5) is 17.2 Å². The highest BCUT2D eigenvalue weighted by Gasteiger charge is 2.22. The summed E-state index contributed by atoms with van der Waals surface area (Å²) in [5.41, 5.74) is 11.5. The van der Waals surface area contributed by atoms with Crippen LogP contribution < -0.4 is 21.3 Å². The highest BCUT2D eigenvalue weighted by atomic mass is 35.5. The molecule has 0 saturated carbocycles. The summed E-state index contributed by atoms with van der Waals surface area (Å²) in [5.74, 6) is -0.253. The smallest absolute Gasteiger partial charge is 0.254 e. The Kier molecular flexibility index (Phi) is 6.51. The lowest BCUT2D eigenvalue weighted by Gasteiger charge is -2.30. The Hall–Kier alpha value is -3.33. The zero-order valence-electron chi connectivity index (χ0n) is 19.2. The van der Waals surface area contributed by atoms with Crippen molar-refractivity contribution >= 4 is 57.3 Å². The molecule has 1 saturated heterocycles. The number of nitrogens with one attached hydrogen (secondary N) is 3. The van der Waals surface area contributed by atoms with E-state index in [4.69, 9.17) is 33.9 Å². The molecule has 4 aromatic rings. The van der Waals surface area contributed by atoms with E-state index in [1.165, 1.54) is 6.33 Å². The van der Waals surface area contributed by atoms with Crippen LogP contribution in [-0.2, 0) is 6.42 Å². The van der Waals surface area contributed by atoms with E-state index in [-0.39, 0.29) is 5.56 Å². The molecule has 1 amide bonds. The number of carbonyl (C=O) groups excluding carboxylic acids is 1. The van der Waals surface area contributed by atoms with Crippen molar-refractivity contribution in [3.05, 3.63) is 75.2 Å². The van der Waals surface area contributed by atoms with E-state index in [1.807, 2.05) is 13.0 Å². The predicted molar refractivity (Wildman–Crippen MR) is 141 cm³/mol. The van der Waals surface area contributed by atoms with Gasteiger partial charge in [-0.1, -0.05) is 29.3 Å². The highest BCUT2D eigenvalue weighted by molar-refractivity contribution is 6.36. The molecule has 180 valence electrons. The molecule has 0 spiro atoms. The van der Waals surface area contributed by atoms with Crippen molar-refractivity contribution in [1.82, 2.24) is 20.3 Å². The number of aromatic nitrogens is 3. The van der Waals surface area contributed by atoms with E-state index in [0.717, 1.165) is 48.7 Å². The zero-order valence-corrected chi connectivity index (χ0v) is 20.7. The molecule has 0 bridgehead atoms. The highest BCUT2D eigenvalue weighted by Crippen LogP contribution is 2.33. The van der Waals surface area contributed by atoms with Crippen molar-refractivity contribution in [2.45, 2.75) is 13.3 Å². The Morgan fingerprint density at radius 3 is 2.60 bits per heavy atom. The van der Waals surface area contributed by atoms with Gasteiger partial charge in [-0.3, -0.25) is 4.79 Å². The number of imidazole rings is 1. The van der Waals surface area contributed by atoms with Crippen LogP contribution in [0, 0.1) is 6.92 Å². The third-order valence-corrected chi connectivity index (χ3v) is 6.95. The summed E-state index contributed by atoms with van der Waals surface area (Å²) in [6, 6.07) is 11.6. The van der Waals surface area contributed by atoms with E-state index in [1.54, 1.807) is 18.2 Å². The molecule has 10 heteroatoms. The number of hydrogen-bond donors (Lipinski definition) is 4. The van der Waals surface area contributed by atoms with Crippen molar-refractivity contribution in [3.8, 4) is 0 Å². The fraction of sp³-hybridized carbons (Fsp3) is 0.240. The zero-order chi connectivity index (χ0) is 24.5. The number of amides is 1. The molecular formula is C25H25Cl2N7O. The molecule has 1 aliphatic rings. The number of H-pyrrole nitrogens is 1. The molecule has 1 aliphatic heterocycles. The van der Waals surface area contributed by atoms with E-state index in [9.17, 15) is 4.79 Å². The summed E-state index contributed by atoms with van der Waals surface area (Å²) in [7, 11) is 0. The molecule has 1 fully saturated rings. The molecule has 5 N–H and O–H groups in total. The van der Waals surface area contributed by atoms with Gasteiger partial charge in [-0.05, 0) is 48.4 Å². The molecule has 0 atom stereocenters. The van der Waals surface area contributed by atoms with Crippen LogP contribution in [0.3, 0.4) is 0 Å². The number of nitrogens with two attached hydrogens (primary N) is 1. The van der Waals surface area contributed by atoms with E-state index < -0.39 is 5.91 Å². The Labute approximate surface area is 212 Å². The van der Waals surface area contributed by atoms with Gasteiger partial charge in [0.15, 0.2) is 0 Å². The number of primary amides is 1. The summed E-state index contributed by atoms with van der Waals surface area (Å²) in [4.78, 5) is 27.1. The van der Waals surface area contributed by atoms with Crippen LogP contribution in [0.25, 0.3) is 11.0 Å². The number of rotatable bonds is 6. The molecule has 5 rings (SSSR count). The van der Waals surface area contributed by atoms with Gasteiger partial charge in [0.2, 0.25) is 0 Å². The van der Waals surface area contributed by atoms with E-state index in [2.05, 4.69) is 37.6 Å². The van der Waals surface area contributed by atoms with Crippen LogP contribution >= 0.6 is 23.2 Å². The molecule has 0 radical (unpaired) electrons. The maximum Gasteiger partial charge on any atom is 0.254 e. The molecule has 0 aliphatic carbocycles. The predicted octanol–water partition coefficient (Wildman–Crippen LogP) is 4.42. The first kappa shape index (κ1) is 23.4. The lowest BCUT2D eigenvalue weighted by atomic mass is 10.1. The van der Waals surface area contributed by atoms with Crippen molar-refractivity contribution < 1.29 is 4.79 Å². The van der Waals surface area contributed by atoms with Crippen LogP contribution in [-0.4, -0.2) is 47.0 Å². The number of aromatic amines is 1. The normalized spacial score (nSPS) is 13.9. The molecule has 8 nitrogen and oxygen atoms in total. The quantitative estimate of drug-likeness (QED) is 0.306. The first-order chi connectivity index (χ1) is 16.9. The van der Waals surface area contributed by atoms with Crippen molar-refractivity contribution in [1.29, 1.82) is 0 Å². The summed E-state index contributed by atoms with van der Waals surface area (Å²) in [6.07, 6.45) is 1.86. The van der Waals surface area contributed by atoms with Gasteiger partial charge in [0.25, 0.3) is 5.91 Å². The van der Waals surface area contributed by atoms with Gasteiger partial charge < -0.3 is 26.3 Å². The Bertz CT molecular complexity index is 1390. The van der Waals surface area contributed by atoms with E-state index >= 15 is 0 Å². The van der Waals surface area contributed by atoms with Gasteiger partial charge in [-0.25, -0.2) is 9.97 Å². The first-order valence-corrected chi connectivity index (χ1v) is 12.1. The van der Waals surface area contributed by atoms with Crippen molar-refractivity contribution in [3.63, 3.8) is 0 Å². The summed E-state index contributed by atoms with van der Waals surface area (Å²) in [6.45, 7) is 5.88. The Morgan fingerprint density at radius 1 is 1.17 bits per heavy atom. The number of pyridine rings is 1. The monoisotopic (exact) mass is 509 g/mol. The third kappa shape index (κ3) is 4.65. The number of benzene rings is 2. The maximum absolute atomic E-state index is 12.5. The second kappa shape index (κ2) is 9.73. The number of hydrogen-bond acceptors (Lipinski definition) is 6. The topological polar surface area (TPSA) is 112 Å². The molecule has 0 unspecified atom stereocenters. The van der Waals surface area contributed by atoms with Gasteiger partial charge in [-0.2, -0.15) is 0 Å². The number of piperazine rings is 1. The SMILES string of the molecule is Cc1cc(N2CCNCC2)ccc1Nc1nc(Cc2c(Cl)cccc2Cl)c2nc[nH]c2c1C(N)=O. The Morgan fingerprint density at radius 2 is 1.91 bits per heavy atom. The van der Waals surface area contributed by atoms with Gasteiger partial charge >= 0.3 is 0 Å². The van der Waals surface area contributed by atoms with Crippen LogP contribution in [0.5, 0.6) is 0 Å². The van der Waals surface area contributed by atoms with E-state index in [0.29, 0.717) is 39.0 Å². The largest absolute Gasteiger partial charge is 0.369 e. The van der Waals surface area contributed by atoms with Crippen LogP contribution in [0.1, 0.15) is 27.2 Å².